The largest absolute Gasteiger partial charge is 0.480 e. The lowest BCUT2D eigenvalue weighted by atomic mass is 10.1. The molecule has 1 N–H and O–H groups in total. The van der Waals surface area contributed by atoms with Crippen LogP contribution in [-0.2, 0) is 14.4 Å². The first-order valence-corrected chi connectivity index (χ1v) is 9.15. The van der Waals surface area contributed by atoms with Crippen molar-refractivity contribution < 1.29 is 19.5 Å². The highest BCUT2D eigenvalue weighted by molar-refractivity contribution is 8.13. The van der Waals surface area contributed by atoms with Crippen LogP contribution in [0.15, 0.2) is 24.5 Å². The average molecular weight is 354 g/mol. The highest BCUT2D eigenvalue weighted by Crippen LogP contribution is 2.42. The second-order valence-corrected chi connectivity index (χ2v) is 7.58. The molecule has 1 aliphatic rings. The van der Waals surface area contributed by atoms with Gasteiger partial charge < -0.3 is 10.0 Å². The number of carboxylic acids is 1. The molecule has 3 atom stereocenters. The minimum atomic E-state index is -1.01. The van der Waals surface area contributed by atoms with Crippen LogP contribution in [0.3, 0.4) is 0 Å². The van der Waals surface area contributed by atoms with Gasteiger partial charge >= 0.3 is 5.97 Å². The van der Waals surface area contributed by atoms with Crippen molar-refractivity contribution >= 4 is 40.5 Å². The summed E-state index contributed by atoms with van der Waals surface area (Å²) < 4.78 is 0. The summed E-state index contributed by atoms with van der Waals surface area (Å²) in [5.74, 6) is -0.966. The van der Waals surface area contributed by atoms with E-state index in [2.05, 4.69) is 4.98 Å². The third-order valence-corrected chi connectivity index (χ3v) is 5.89. The molecule has 1 amide bonds. The van der Waals surface area contributed by atoms with Gasteiger partial charge in [-0.2, -0.15) is 0 Å². The molecule has 2 rings (SSSR count). The van der Waals surface area contributed by atoms with E-state index in [0.717, 1.165) is 17.3 Å². The number of nitrogens with zero attached hydrogens (tertiary/aromatic N) is 2. The topological polar surface area (TPSA) is 87.6 Å². The summed E-state index contributed by atoms with van der Waals surface area (Å²) in [6.07, 6.45) is 3.25. The lowest BCUT2D eigenvalue weighted by Crippen LogP contribution is -2.45. The number of thioether (sulfide) groups is 2. The molecule has 1 aromatic rings. The van der Waals surface area contributed by atoms with Gasteiger partial charge in [-0.1, -0.05) is 18.7 Å². The first-order chi connectivity index (χ1) is 10.9. The zero-order chi connectivity index (χ0) is 17.0. The molecule has 1 aromatic heterocycles. The van der Waals surface area contributed by atoms with Crippen LogP contribution in [0, 0.1) is 5.92 Å². The number of pyridine rings is 1. The Morgan fingerprint density at radius 3 is 2.65 bits per heavy atom. The van der Waals surface area contributed by atoms with Crippen molar-refractivity contribution in [3.05, 3.63) is 30.1 Å². The molecule has 0 saturated carbocycles. The van der Waals surface area contributed by atoms with Gasteiger partial charge in [-0.15, -0.1) is 11.8 Å². The minimum absolute atomic E-state index is 0.0547. The lowest BCUT2D eigenvalue weighted by molar-refractivity contribution is -0.150. The van der Waals surface area contributed by atoms with Crippen LogP contribution in [0.2, 0.25) is 0 Å². The van der Waals surface area contributed by atoms with E-state index in [1.807, 2.05) is 0 Å². The molecular formula is C15H18N2O4S2. The molecule has 0 radical (unpaired) electrons. The number of aliphatic carboxylic acids is 1. The zero-order valence-corrected chi connectivity index (χ0v) is 14.5. The van der Waals surface area contributed by atoms with Crippen molar-refractivity contribution in [3.8, 4) is 0 Å². The Morgan fingerprint density at radius 2 is 2.09 bits per heavy atom. The normalized spacial score (nSPS) is 21.9. The summed E-state index contributed by atoms with van der Waals surface area (Å²) in [4.78, 5) is 40.7. The number of carbonyl (C=O) groups is 3. The Labute approximate surface area is 143 Å². The predicted octanol–water partition coefficient (Wildman–Crippen LogP) is 2.02. The maximum absolute atomic E-state index is 12.8. The summed E-state index contributed by atoms with van der Waals surface area (Å²) in [6, 6.07) is 2.73. The molecule has 1 saturated heterocycles. The number of hydrogen-bond acceptors (Lipinski definition) is 6. The molecule has 0 aromatic carbocycles. The predicted molar refractivity (Wildman–Crippen MR) is 90.0 cm³/mol. The molecule has 124 valence electrons. The highest BCUT2D eigenvalue weighted by Gasteiger charge is 2.43. The maximum Gasteiger partial charge on any atom is 0.327 e. The second-order valence-electron chi connectivity index (χ2n) is 5.27. The van der Waals surface area contributed by atoms with Crippen LogP contribution in [0.25, 0.3) is 0 Å². The minimum Gasteiger partial charge on any atom is -0.480 e. The lowest BCUT2D eigenvalue weighted by Gasteiger charge is -2.30. The summed E-state index contributed by atoms with van der Waals surface area (Å²) in [5.41, 5.74) is 0.855. The molecule has 0 aliphatic carbocycles. The number of hydrogen-bond donors (Lipinski definition) is 1. The van der Waals surface area contributed by atoms with E-state index in [1.165, 1.54) is 23.6 Å². The first kappa shape index (κ1) is 17.8. The molecule has 0 bridgehead atoms. The van der Waals surface area contributed by atoms with Crippen molar-refractivity contribution in [2.45, 2.75) is 25.3 Å². The number of aromatic nitrogens is 1. The number of carboxylic acid groups (broad SMARTS) is 1. The molecule has 2 unspecified atom stereocenters. The quantitative estimate of drug-likeness (QED) is 0.865. The van der Waals surface area contributed by atoms with Crippen LogP contribution in [0.5, 0.6) is 0 Å². The highest BCUT2D eigenvalue weighted by atomic mass is 32.2. The van der Waals surface area contributed by atoms with E-state index in [9.17, 15) is 19.5 Å². The van der Waals surface area contributed by atoms with Crippen molar-refractivity contribution in [3.63, 3.8) is 0 Å². The van der Waals surface area contributed by atoms with Gasteiger partial charge in [0.2, 0.25) is 5.91 Å². The van der Waals surface area contributed by atoms with Crippen molar-refractivity contribution in [2.75, 3.05) is 11.5 Å². The van der Waals surface area contributed by atoms with Crippen LogP contribution >= 0.6 is 23.5 Å². The molecule has 1 aliphatic heterocycles. The second kappa shape index (κ2) is 7.83. The van der Waals surface area contributed by atoms with E-state index in [-0.39, 0.29) is 16.4 Å². The SMILES string of the molecule is CC(=O)SC[C@@H](C)C(=O)N1C(C(=O)O)CSC1c1ccncc1. The van der Waals surface area contributed by atoms with Gasteiger partial charge in [0.25, 0.3) is 0 Å². The molecule has 1 fully saturated rings. The van der Waals surface area contributed by atoms with E-state index >= 15 is 0 Å². The third kappa shape index (κ3) is 4.26. The van der Waals surface area contributed by atoms with Gasteiger partial charge in [-0.05, 0) is 17.7 Å². The van der Waals surface area contributed by atoms with E-state index < -0.39 is 17.9 Å². The summed E-state index contributed by atoms with van der Waals surface area (Å²) >= 11 is 2.52. The van der Waals surface area contributed by atoms with Crippen LogP contribution in [0.1, 0.15) is 24.8 Å². The van der Waals surface area contributed by atoms with Gasteiger partial charge in [0.15, 0.2) is 5.12 Å². The van der Waals surface area contributed by atoms with E-state index in [0.29, 0.717) is 11.5 Å². The van der Waals surface area contributed by atoms with Crippen LogP contribution in [-0.4, -0.2) is 49.5 Å². The molecule has 2 heterocycles. The Hall–Kier alpha value is -1.54. The summed E-state index contributed by atoms with van der Waals surface area (Å²) in [6.45, 7) is 3.18. The third-order valence-electron chi connectivity index (χ3n) is 3.49. The molecule has 6 nitrogen and oxygen atoms in total. The van der Waals surface area contributed by atoms with Crippen molar-refractivity contribution in [1.29, 1.82) is 0 Å². The fourth-order valence-corrected chi connectivity index (χ4v) is 4.37. The van der Waals surface area contributed by atoms with Gasteiger partial charge in [0.05, 0.1) is 0 Å². The number of carbonyl (C=O) groups excluding carboxylic acids is 2. The first-order valence-electron chi connectivity index (χ1n) is 7.11. The fraction of sp³-hybridized carbons (Fsp3) is 0.467. The molecule has 0 spiro atoms. The Morgan fingerprint density at radius 1 is 1.43 bits per heavy atom. The molecular weight excluding hydrogens is 336 g/mol. The van der Waals surface area contributed by atoms with Crippen LogP contribution < -0.4 is 0 Å². The standard InChI is InChI=1S/C15H18N2O4S2/c1-9(7-22-10(2)18)13(19)17-12(15(20)21)8-23-14(17)11-3-5-16-6-4-11/h3-6,9,12,14H,7-8H2,1-2H3,(H,20,21)/t9-,12?,14?/m1/s1. The summed E-state index contributed by atoms with van der Waals surface area (Å²) in [7, 11) is 0. The van der Waals surface area contributed by atoms with Gasteiger partial charge in [0, 0.05) is 36.7 Å². The fourth-order valence-electron chi connectivity index (χ4n) is 2.32. The molecule has 23 heavy (non-hydrogen) atoms. The van der Waals surface area contributed by atoms with Gasteiger partial charge in [0.1, 0.15) is 11.4 Å². The number of rotatable bonds is 5. The van der Waals surface area contributed by atoms with Gasteiger partial charge in [-0.25, -0.2) is 4.79 Å². The van der Waals surface area contributed by atoms with E-state index in [1.54, 1.807) is 31.5 Å². The monoisotopic (exact) mass is 354 g/mol. The summed E-state index contributed by atoms with van der Waals surface area (Å²) in [5, 5.41) is 9.03. The van der Waals surface area contributed by atoms with Crippen molar-refractivity contribution in [1.82, 2.24) is 9.88 Å². The zero-order valence-electron chi connectivity index (χ0n) is 12.8. The maximum atomic E-state index is 12.8. The van der Waals surface area contributed by atoms with Crippen LogP contribution in [0.4, 0.5) is 0 Å². The van der Waals surface area contributed by atoms with Gasteiger partial charge in [-0.3, -0.25) is 14.6 Å². The smallest absolute Gasteiger partial charge is 0.327 e. The Balaban J connectivity index is 2.22. The molecule has 8 heteroatoms. The van der Waals surface area contributed by atoms with Crippen molar-refractivity contribution in [2.24, 2.45) is 5.92 Å². The number of amides is 1. The average Bonchev–Trinajstić information content (AvgIpc) is 2.97. The Kier molecular flexibility index (Phi) is 6.06. The Bertz CT molecular complexity index is 596. The van der Waals surface area contributed by atoms with E-state index in [4.69, 9.17) is 0 Å².